The van der Waals surface area contributed by atoms with Crippen LogP contribution in [0.1, 0.15) is 25.7 Å². The van der Waals surface area contributed by atoms with E-state index in [0.717, 1.165) is 19.3 Å². The summed E-state index contributed by atoms with van der Waals surface area (Å²) in [5, 5.41) is 21.1. The van der Waals surface area contributed by atoms with E-state index in [4.69, 9.17) is 10.2 Å². The Bertz CT molecular complexity index is 327. The zero-order chi connectivity index (χ0) is 13.5. The highest BCUT2D eigenvalue weighted by atomic mass is 16.4. The molecule has 0 aromatic heterocycles. The molecule has 18 heavy (non-hydrogen) atoms. The van der Waals surface area contributed by atoms with Crippen molar-refractivity contribution >= 4 is 18.0 Å². The van der Waals surface area contributed by atoms with E-state index in [1.165, 1.54) is 0 Å². The molecular formula is C10H17N3O5. The van der Waals surface area contributed by atoms with E-state index in [2.05, 4.69) is 10.7 Å². The summed E-state index contributed by atoms with van der Waals surface area (Å²) in [5.41, 5.74) is 2.50. The molecule has 0 spiro atoms. The number of carbonyl (C=O) groups excluding carboxylic acids is 1. The number of hydrogen-bond donors (Lipinski definition) is 4. The Morgan fingerprint density at radius 2 is 1.72 bits per heavy atom. The summed E-state index contributed by atoms with van der Waals surface area (Å²) >= 11 is 0. The minimum absolute atomic E-state index is 0.650. The average Bonchev–Trinajstić information content (AvgIpc) is 2.28. The number of hydrogen-bond acceptors (Lipinski definition) is 4. The standard InChI is InChI=1S/C10H17N3O5/c14-8(15)6-7(9(16)17)11-10(18)12-13-4-2-1-3-5-13/h7H,1-6H2,(H,14,15)(H,16,17)(H2,11,12,18)/t7-/m1/s1. The smallest absolute Gasteiger partial charge is 0.330 e. The first-order valence-electron chi connectivity index (χ1n) is 5.75. The predicted octanol–water partition coefficient (Wildman–Crippen LogP) is -0.386. The molecule has 1 aliphatic rings. The Morgan fingerprint density at radius 1 is 1.11 bits per heavy atom. The summed E-state index contributed by atoms with van der Waals surface area (Å²) in [4.78, 5) is 32.7. The number of carboxylic acid groups (broad SMARTS) is 2. The first kappa shape index (κ1) is 14.2. The number of nitrogens with zero attached hydrogens (tertiary/aromatic N) is 1. The number of piperidine rings is 1. The second kappa shape index (κ2) is 6.80. The van der Waals surface area contributed by atoms with Gasteiger partial charge in [0.25, 0.3) is 0 Å². The zero-order valence-corrected chi connectivity index (χ0v) is 9.89. The third-order valence-corrected chi connectivity index (χ3v) is 2.60. The largest absolute Gasteiger partial charge is 0.481 e. The summed E-state index contributed by atoms with van der Waals surface area (Å²) in [6, 6.07) is -2.11. The molecule has 0 saturated carbocycles. The van der Waals surface area contributed by atoms with E-state index in [1.807, 2.05) is 0 Å². The van der Waals surface area contributed by atoms with Crippen LogP contribution in [0, 0.1) is 0 Å². The first-order valence-corrected chi connectivity index (χ1v) is 5.75. The average molecular weight is 259 g/mol. The number of hydrazine groups is 1. The van der Waals surface area contributed by atoms with Crippen molar-refractivity contribution in [2.45, 2.75) is 31.7 Å². The van der Waals surface area contributed by atoms with Gasteiger partial charge < -0.3 is 15.5 Å². The lowest BCUT2D eigenvalue weighted by molar-refractivity contribution is -0.145. The van der Waals surface area contributed by atoms with Crippen LogP contribution in [0.25, 0.3) is 0 Å². The molecule has 1 heterocycles. The minimum Gasteiger partial charge on any atom is -0.481 e. The van der Waals surface area contributed by atoms with Crippen LogP contribution >= 0.6 is 0 Å². The van der Waals surface area contributed by atoms with E-state index in [9.17, 15) is 14.4 Å². The topological polar surface area (TPSA) is 119 Å². The number of nitrogens with one attached hydrogen (secondary N) is 2. The molecule has 1 rings (SSSR count). The zero-order valence-electron chi connectivity index (χ0n) is 9.89. The van der Waals surface area contributed by atoms with E-state index in [1.54, 1.807) is 5.01 Å². The summed E-state index contributed by atoms with van der Waals surface area (Å²) in [7, 11) is 0. The summed E-state index contributed by atoms with van der Waals surface area (Å²) in [5.74, 6) is -2.65. The Kier molecular flexibility index (Phi) is 5.37. The number of aliphatic carboxylic acids is 2. The summed E-state index contributed by atoms with van der Waals surface area (Å²) < 4.78 is 0. The molecule has 8 nitrogen and oxygen atoms in total. The molecule has 1 aliphatic heterocycles. The number of carboxylic acids is 2. The van der Waals surface area contributed by atoms with Gasteiger partial charge >= 0.3 is 18.0 Å². The van der Waals surface area contributed by atoms with Crippen molar-refractivity contribution in [3.8, 4) is 0 Å². The molecule has 8 heteroatoms. The first-order chi connectivity index (χ1) is 8.49. The van der Waals surface area contributed by atoms with Gasteiger partial charge in [-0.3, -0.25) is 10.2 Å². The Balaban J connectivity index is 2.40. The molecule has 1 saturated heterocycles. The van der Waals surface area contributed by atoms with Crippen LogP contribution < -0.4 is 10.7 Å². The van der Waals surface area contributed by atoms with Crippen LogP contribution in [0.2, 0.25) is 0 Å². The Hall–Kier alpha value is -1.83. The molecule has 0 unspecified atom stereocenters. The lowest BCUT2D eigenvalue weighted by atomic mass is 10.2. The van der Waals surface area contributed by atoms with E-state index in [0.29, 0.717) is 13.1 Å². The third kappa shape index (κ3) is 5.00. The lowest BCUT2D eigenvalue weighted by Gasteiger charge is -2.27. The molecule has 0 aromatic carbocycles. The van der Waals surface area contributed by atoms with Gasteiger partial charge in [-0.15, -0.1) is 0 Å². The highest BCUT2D eigenvalue weighted by Gasteiger charge is 2.23. The number of rotatable bonds is 5. The monoisotopic (exact) mass is 259 g/mol. The molecule has 2 amide bonds. The fourth-order valence-corrected chi connectivity index (χ4v) is 1.71. The third-order valence-electron chi connectivity index (χ3n) is 2.60. The quantitative estimate of drug-likeness (QED) is 0.534. The van der Waals surface area contributed by atoms with Gasteiger partial charge in [-0.1, -0.05) is 6.42 Å². The SMILES string of the molecule is O=C(O)C[C@@H](NC(=O)NN1CCCCC1)C(=O)O. The van der Waals surface area contributed by atoms with E-state index >= 15 is 0 Å². The summed E-state index contributed by atoms with van der Waals surface area (Å²) in [6.45, 7) is 1.42. The fourth-order valence-electron chi connectivity index (χ4n) is 1.71. The van der Waals surface area contributed by atoms with E-state index in [-0.39, 0.29) is 0 Å². The van der Waals surface area contributed by atoms with Crippen molar-refractivity contribution in [1.29, 1.82) is 0 Å². The van der Waals surface area contributed by atoms with Crippen LogP contribution in [-0.2, 0) is 9.59 Å². The van der Waals surface area contributed by atoms with Crippen molar-refractivity contribution < 1.29 is 24.6 Å². The molecular weight excluding hydrogens is 242 g/mol. The van der Waals surface area contributed by atoms with Gasteiger partial charge in [0.05, 0.1) is 6.42 Å². The van der Waals surface area contributed by atoms with Crippen LogP contribution in [0.4, 0.5) is 4.79 Å². The van der Waals surface area contributed by atoms with Crippen molar-refractivity contribution in [3.05, 3.63) is 0 Å². The van der Waals surface area contributed by atoms with Crippen molar-refractivity contribution in [2.24, 2.45) is 0 Å². The fraction of sp³-hybridized carbons (Fsp3) is 0.700. The van der Waals surface area contributed by atoms with Gasteiger partial charge in [0.1, 0.15) is 6.04 Å². The molecule has 0 bridgehead atoms. The number of amides is 2. The molecule has 4 N–H and O–H groups in total. The molecule has 1 fully saturated rings. The molecule has 0 aliphatic carbocycles. The van der Waals surface area contributed by atoms with Crippen molar-refractivity contribution in [1.82, 2.24) is 15.8 Å². The maximum atomic E-state index is 11.5. The van der Waals surface area contributed by atoms with Gasteiger partial charge in [-0.25, -0.2) is 14.6 Å². The minimum atomic E-state index is -1.42. The van der Waals surface area contributed by atoms with Gasteiger partial charge in [0, 0.05) is 13.1 Å². The lowest BCUT2D eigenvalue weighted by Crippen LogP contribution is -2.53. The van der Waals surface area contributed by atoms with Crippen LogP contribution in [0.5, 0.6) is 0 Å². The van der Waals surface area contributed by atoms with Crippen LogP contribution in [-0.4, -0.2) is 52.3 Å². The number of carbonyl (C=O) groups is 3. The van der Waals surface area contributed by atoms with E-state index < -0.39 is 30.4 Å². The van der Waals surface area contributed by atoms with Crippen molar-refractivity contribution in [3.63, 3.8) is 0 Å². The van der Waals surface area contributed by atoms with Gasteiger partial charge in [0.15, 0.2) is 0 Å². The normalized spacial score (nSPS) is 17.8. The molecule has 1 atom stereocenters. The molecule has 102 valence electrons. The van der Waals surface area contributed by atoms with Crippen LogP contribution in [0.3, 0.4) is 0 Å². The predicted molar refractivity (Wildman–Crippen MR) is 60.8 cm³/mol. The highest BCUT2D eigenvalue weighted by molar-refractivity contribution is 5.85. The van der Waals surface area contributed by atoms with Gasteiger partial charge in [-0.05, 0) is 12.8 Å². The van der Waals surface area contributed by atoms with Crippen LogP contribution in [0.15, 0.2) is 0 Å². The second-order valence-corrected chi connectivity index (χ2v) is 4.12. The summed E-state index contributed by atoms with van der Waals surface area (Å²) in [6.07, 6.45) is 2.40. The molecule has 0 radical (unpaired) electrons. The maximum absolute atomic E-state index is 11.5. The second-order valence-electron chi connectivity index (χ2n) is 4.12. The van der Waals surface area contributed by atoms with Gasteiger partial charge in [0.2, 0.25) is 0 Å². The van der Waals surface area contributed by atoms with Crippen molar-refractivity contribution in [2.75, 3.05) is 13.1 Å². The Labute approximate surface area is 104 Å². The van der Waals surface area contributed by atoms with Gasteiger partial charge in [-0.2, -0.15) is 0 Å². The Morgan fingerprint density at radius 3 is 2.22 bits per heavy atom. The molecule has 0 aromatic rings. The highest BCUT2D eigenvalue weighted by Crippen LogP contribution is 2.05. The maximum Gasteiger partial charge on any atom is 0.330 e. The number of urea groups is 1.